The predicted octanol–water partition coefficient (Wildman–Crippen LogP) is 5.53. The molecule has 0 aromatic heterocycles. The zero-order valence-corrected chi connectivity index (χ0v) is 13.8. The Labute approximate surface area is 128 Å². The number of hydrogen-bond acceptors (Lipinski definition) is 1. The van der Waals surface area contributed by atoms with Gasteiger partial charge in [0.05, 0.1) is 0 Å². The summed E-state index contributed by atoms with van der Waals surface area (Å²) < 4.78 is 28.3. The molecule has 1 N–H and O–H groups in total. The first kappa shape index (κ1) is 18.1. The van der Waals surface area contributed by atoms with E-state index >= 15 is 0 Å². The van der Waals surface area contributed by atoms with Crippen LogP contribution in [-0.4, -0.2) is 6.54 Å². The molecule has 1 aromatic carbocycles. The number of halogens is 2. The van der Waals surface area contributed by atoms with Gasteiger partial charge in [0.1, 0.15) is 0 Å². The minimum Gasteiger partial charge on any atom is -0.310 e. The van der Waals surface area contributed by atoms with Gasteiger partial charge in [0, 0.05) is 11.6 Å². The third-order valence-corrected chi connectivity index (χ3v) is 4.04. The van der Waals surface area contributed by atoms with Crippen LogP contribution in [0.4, 0.5) is 8.78 Å². The highest BCUT2D eigenvalue weighted by molar-refractivity contribution is 5.28. The zero-order chi connectivity index (χ0) is 15.8. The number of nitrogens with one attached hydrogen (secondary N) is 1. The quantitative estimate of drug-likeness (QED) is 0.632. The number of aryl methyl sites for hydroxylation is 1. The average Bonchev–Trinajstić information content (AvgIpc) is 2.47. The minimum atomic E-state index is -0.706. The van der Waals surface area contributed by atoms with E-state index in [-0.39, 0.29) is 6.04 Å². The maximum Gasteiger partial charge on any atom is 0.163 e. The molecule has 0 amide bonds. The van der Waals surface area contributed by atoms with Crippen LogP contribution in [-0.2, 0) is 0 Å². The average molecular weight is 297 g/mol. The zero-order valence-electron chi connectivity index (χ0n) is 13.8. The van der Waals surface area contributed by atoms with E-state index in [0.717, 1.165) is 38.6 Å². The Balaban J connectivity index is 3.13. The normalized spacial score (nSPS) is 12.9. The Morgan fingerprint density at radius 1 is 0.952 bits per heavy atom. The van der Waals surface area contributed by atoms with Crippen LogP contribution in [0.25, 0.3) is 0 Å². The van der Waals surface area contributed by atoms with Gasteiger partial charge in [0.2, 0.25) is 0 Å². The molecule has 0 bridgehead atoms. The molecular formula is C18H29F2N. The van der Waals surface area contributed by atoms with Crippen molar-refractivity contribution in [3.05, 3.63) is 34.9 Å². The van der Waals surface area contributed by atoms with Gasteiger partial charge < -0.3 is 5.32 Å². The Hall–Kier alpha value is -0.960. The summed E-state index contributed by atoms with van der Waals surface area (Å²) in [5.41, 5.74) is 0.853. The molecule has 21 heavy (non-hydrogen) atoms. The van der Waals surface area contributed by atoms with Crippen molar-refractivity contribution in [3.63, 3.8) is 0 Å². The van der Waals surface area contributed by atoms with Gasteiger partial charge in [-0.1, -0.05) is 45.7 Å². The van der Waals surface area contributed by atoms with E-state index < -0.39 is 11.6 Å². The van der Waals surface area contributed by atoms with E-state index in [1.807, 2.05) is 0 Å². The van der Waals surface area contributed by atoms with Crippen molar-refractivity contribution in [3.8, 4) is 0 Å². The van der Waals surface area contributed by atoms with Crippen LogP contribution in [0.3, 0.4) is 0 Å². The lowest BCUT2D eigenvalue weighted by atomic mass is 9.85. The van der Waals surface area contributed by atoms with Crippen molar-refractivity contribution in [1.29, 1.82) is 0 Å². The van der Waals surface area contributed by atoms with Crippen molar-refractivity contribution < 1.29 is 8.78 Å². The number of benzene rings is 1. The first-order chi connectivity index (χ1) is 10.1. The van der Waals surface area contributed by atoms with Gasteiger partial charge in [-0.25, -0.2) is 8.78 Å². The molecule has 120 valence electrons. The van der Waals surface area contributed by atoms with Crippen molar-refractivity contribution in [1.82, 2.24) is 5.32 Å². The van der Waals surface area contributed by atoms with Crippen LogP contribution in [0, 0.1) is 24.5 Å². The van der Waals surface area contributed by atoms with Crippen molar-refractivity contribution in [2.45, 2.75) is 65.8 Å². The van der Waals surface area contributed by atoms with Gasteiger partial charge >= 0.3 is 0 Å². The third-order valence-electron chi connectivity index (χ3n) is 4.04. The summed E-state index contributed by atoms with van der Waals surface area (Å²) in [5.74, 6) is -1.04. The van der Waals surface area contributed by atoms with E-state index in [9.17, 15) is 8.78 Å². The van der Waals surface area contributed by atoms with Crippen molar-refractivity contribution in [2.75, 3.05) is 6.54 Å². The fourth-order valence-electron chi connectivity index (χ4n) is 2.95. The Kier molecular flexibility index (Phi) is 7.87. The van der Waals surface area contributed by atoms with Crippen LogP contribution in [0.15, 0.2) is 12.1 Å². The summed E-state index contributed by atoms with van der Waals surface area (Å²) in [4.78, 5) is 0. The summed E-state index contributed by atoms with van der Waals surface area (Å²) in [6, 6.07) is 3.34. The van der Waals surface area contributed by atoms with E-state index in [1.54, 1.807) is 19.1 Å². The lowest BCUT2D eigenvalue weighted by molar-refractivity contribution is 0.306. The Morgan fingerprint density at radius 3 is 2.10 bits per heavy atom. The molecule has 0 radical (unpaired) electrons. The molecular weight excluding hydrogens is 268 g/mol. The molecule has 0 spiro atoms. The van der Waals surface area contributed by atoms with Crippen LogP contribution >= 0.6 is 0 Å². The highest BCUT2D eigenvalue weighted by Crippen LogP contribution is 2.32. The first-order valence-electron chi connectivity index (χ1n) is 8.24. The topological polar surface area (TPSA) is 12.0 Å². The fraction of sp³-hybridized carbons (Fsp3) is 0.667. The summed E-state index contributed by atoms with van der Waals surface area (Å²) in [5, 5.41) is 3.44. The second-order valence-corrected chi connectivity index (χ2v) is 5.87. The lowest BCUT2D eigenvalue weighted by Crippen LogP contribution is -2.30. The summed E-state index contributed by atoms with van der Waals surface area (Å²) in [6.45, 7) is 8.80. The van der Waals surface area contributed by atoms with Gasteiger partial charge in [0.25, 0.3) is 0 Å². The summed E-state index contributed by atoms with van der Waals surface area (Å²) in [7, 11) is 0. The second kappa shape index (κ2) is 9.14. The smallest absolute Gasteiger partial charge is 0.163 e. The fourth-order valence-corrected chi connectivity index (χ4v) is 2.95. The first-order valence-corrected chi connectivity index (χ1v) is 8.24. The molecule has 1 unspecified atom stereocenters. The monoisotopic (exact) mass is 297 g/mol. The standard InChI is InChI=1S/C18H29F2N/c1-5-8-14(9-6-2)18(21-12-7-3)15-11-10-13(4)16(19)17(15)20/h10-11,14,18,21H,5-9,12H2,1-4H3. The summed E-state index contributed by atoms with van der Waals surface area (Å²) in [6.07, 6.45) is 5.17. The molecule has 0 saturated carbocycles. The van der Waals surface area contributed by atoms with Gasteiger partial charge in [-0.05, 0) is 44.2 Å². The van der Waals surface area contributed by atoms with Gasteiger partial charge in [-0.3, -0.25) is 0 Å². The van der Waals surface area contributed by atoms with Crippen LogP contribution in [0.2, 0.25) is 0 Å². The highest BCUT2D eigenvalue weighted by atomic mass is 19.2. The highest BCUT2D eigenvalue weighted by Gasteiger charge is 2.25. The van der Waals surface area contributed by atoms with Gasteiger partial charge in [0.15, 0.2) is 11.6 Å². The lowest BCUT2D eigenvalue weighted by Gasteiger charge is -2.29. The van der Waals surface area contributed by atoms with Crippen LogP contribution in [0.1, 0.15) is 70.0 Å². The predicted molar refractivity (Wildman–Crippen MR) is 85.4 cm³/mol. The molecule has 0 fully saturated rings. The molecule has 0 aliphatic carbocycles. The molecule has 1 atom stereocenters. The molecule has 0 saturated heterocycles. The van der Waals surface area contributed by atoms with E-state index in [0.29, 0.717) is 17.0 Å². The van der Waals surface area contributed by atoms with Crippen LogP contribution in [0.5, 0.6) is 0 Å². The molecule has 1 aromatic rings. The molecule has 0 aliphatic heterocycles. The SMILES string of the molecule is CCCNC(c1ccc(C)c(F)c1F)C(CCC)CCC. The van der Waals surface area contributed by atoms with Crippen LogP contribution < -0.4 is 5.32 Å². The Bertz CT molecular complexity index is 425. The van der Waals surface area contributed by atoms with E-state index in [4.69, 9.17) is 0 Å². The van der Waals surface area contributed by atoms with E-state index in [1.165, 1.54) is 0 Å². The maximum absolute atomic E-state index is 14.4. The molecule has 1 nitrogen and oxygen atoms in total. The minimum absolute atomic E-state index is 0.0973. The third kappa shape index (κ3) is 4.77. The second-order valence-electron chi connectivity index (χ2n) is 5.87. The number of hydrogen-bond donors (Lipinski definition) is 1. The van der Waals surface area contributed by atoms with Gasteiger partial charge in [-0.15, -0.1) is 0 Å². The largest absolute Gasteiger partial charge is 0.310 e. The number of rotatable bonds is 9. The van der Waals surface area contributed by atoms with Crippen molar-refractivity contribution in [2.24, 2.45) is 5.92 Å². The molecule has 1 rings (SSSR count). The molecule has 0 heterocycles. The Morgan fingerprint density at radius 2 is 1.57 bits per heavy atom. The van der Waals surface area contributed by atoms with Crippen molar-refractivity contribution >= 4 is 0 Å². The molecule has 0 aliphatic rings. The maximum atomic E-state index is 14.4. The summed E-state index contributed by atoms with van der Waals surface area (Å²) >= 11 is 0. The molecule has 3 heteroatoms. The van der Waals surface area contributed by atoms with E-state index in [2.05, 4.69) is 26.1 Å². The van der Waals surface area contributed by atoms with Gasteiger partial charge in [-0.2, -0.15) is 0 Å².